The molecule has 0 saturated heterocycles. The number of thiophene rings is 1. The summed E-state index contributed by atoms with van der Waals surface area (Å²) in [5.74, 6) is 1.76. The van der Waals surface area contributed by atoms with E-state index in [0.717, 1.165) is 98.3 Å². The van der Waals surface area contributed by atoms with Crippen molar-refractivity contribution in [3.05, 3.63) is 224 Å². The van der Waals surface area contributed by atoms with Gasteiger partial charge in [-0.25, -0.2) is 15.0 Å². The van der Waals surface area contributed by atoms with Gasteiger partial charge in [0.05, 0.1) is 22.1 Å². The van der Waals surface area contributed by atoms with E-state index in [9.17, 15) is 0 Å². The van der Waals surface area contributed by atoms with Crippen LogP contribution in [0.2, 0.25) is 0 Å². The lowest BCUT2D eigenvalue weighted by Crippen LogP contribution is -2.02. The molecule has 16 rings (SSSR count). The van der Waals surface area contributed by atoms with Gasteiger partial charge < -0.3 is 13.6 Å². The number of nitrogens with zero attached hydrogens (tertiary/aromatic N) is 5. The fraction of sp³-hybridized carbons (Fsp3) is 0. The van der Waals surface area contributed by atoms with Gasteiger partial charge in [0.25, 0.3) is 0 Å². The highest BCUT2D eigenvalue weighted by molar-refractivity contribution is 7.26. The van der Waals surface area contributed by atoms with Crippen LogP contribution in [0, 0.1) is 0 Å². The van der Waals surface area contributed by atoms with E-state index in [-0.39, 0.29) is 0 Å². The molecule has 7 heteroatoms. The van der Waals surface area contributed by atoms with Crippen LogP contribution in [0.5, 0.6) is 0 Å². The van der Waals surface area contributed by atoms with Crippen molar-refractivity contribution in [2.75, 3.05) is 0 Å². The maximum absolute atomic E-state index is 6.50. The summed E-state index contributed by atoms with van der Waals surface area (Å²) in [4.78, 5) is 16.8. The Hall–Kier alpha value is -9.43. The molecule has 0 aliphatic rings. The minimum absolute atomic E-state index is 0.573. The topological polar surface area (TPSA) is 61.7 Å². The largest absolute Gasteiger partial charge is 0.456 e. The summed E-state index contributed by atoms with van der Waals surface area (Å²) in [5.41, 5.74) is 10.9. The van der Waals surface area contributed by atoms with Crippen LogP contribution in [0.25, 0.3) is 153 Å². The van der Waals surface area contributed by atoms with Crippen molar-refractivity contribution in [2.45, 2.75) is 0 Å². The predicted octanol–water partition coefficient (Wildman–Crippen LogP) is 17.6. The Labute approximate surface area is 414 Å². The summed E-state index contributed by atoms with van der Waals surface area (Å²) in [6, 6.07) is 80.2. The molecule has 0 radical (unpaired) electrons. The normalized spacial score (nSPS) is 12.2. The van der Waals surface area contributed by atoms with E-state index in [1.165, 1.54) is 37.0 Å². The lowest BCUT2D eigenvalue weighted by molar-refractivity contribution is 0.669. The van der Waals surface area contributed by atoms with Crippen molar-refractivity contribution >= 4 is 119 Å². The van der Waals surface area contributed by atoms with Crippen LogP contribution in [0.15, 0.2) is 229 Å². The van der Waals surface area contributed by atoms with Crippen molar-refractivity contribution in [1.29, 1.82) is 0 Å². The lowest BCUT2D eigenvalue weighted by Gasteiger charge is -2.14. The second-order valence-corrected chi connectivity index (χ2v) is 19.8. The third-order valence-electron chi connectivity index (χ3n) is 14.7. The fourth-order valence-corrected chi connectivity index (χ4v) is 12.8. The van der Waals surface area contributed by atoms with Crippen molar-refractivity contribution in [1.82, 2.24) is 24.1 Å². The molecule has 0 aliphatic carbocycles. The monoisotopic (exact) mass is 935 g/mol. The molecule has 0 atom stereocenters. The number of rotatable bonds is 5. The molecule has 16 aromatic rings. The first-order chi connectivity index (χ1) is 35.7. The van der Waals surface area contributed by atoms with E-state index < -0.39 is 0 Å². The smallest absolute Gasteiger partial charge is 0.164 e. The Morgan fingerprint density at radius 3 is 1.74 bits per heavy atom. The standard InChI is InChI=1S/C65H37N5OS/c1-2-19-41(20-3-1)69-51-27-11-8-22-44(51)60-47(25-14-28-52(60)69)63-66-64(48-26-15-30-56-61(48)45-23-9-12-29-55(45)71-56)68-65(67-63)50-36-42(37-58-62(50)46-24-10-13-31-57(46)72-58)70-53-33-32-38-16-6-7-21-43(38)59(53)49-34-39-17-4-5-18-40(39)35-54(49)70/h1-37H. The molecule has 0 bridgehead atoms. The zero-order valence-corrected chi connectivity index (χ0v) is 39.2. The zero-order chi connectivity index (χ0) is 47.0. The van der Waals surface area contributed by atoms with Gasteiger partial charge in [-0.15, -0.1) is 11.3 Å². The maximum atomic E-state index is 6.50. The summed E-state index contributed by atoms with van der Waals surface area (Å²) in [5, 5.41) is 13.8. The molecule has 5 heterocycles. The van der Waals surface area contributed by atoms with E-state index in [2.05, 4.69) is 209 Å². The van der Waals surface area contributed by atoms with E-state index in [0.29, 0.717) is 17.5 Å². The molecule has 334 valence electrons. The molecular weight excluding hydrogens is 899 g/mol. The number of para-hydroxylation sites is 3. The third kappa shape index (κ3) is 5.68. The van der Waals surface area contributed by atoms with Crippen LogP contribution >= 0.6 is 11.3 Å². The number of hydrogen-bond donors (Lipinski definition) is 0. The second-order valence-electron chi connectivity index (χ2n) is 18.7. The van der Waals surface area contributed by atoms with Crippen LogP contribution in [-0.2, 0) is 0 Å². The van der Waals surface area contributed by atoms with E-state index in [1.54, 1.807) is 0 Å². The van der Waals surface area contributed by atoms with E-state index in [1.807, 2.05) is 35.6 Å². The number of benzene rings is 11. The van der Waals surface area contributed by atoms with Crippen molar-refractivity contribution in [3.63, 3.8) is 0 Å². The molecule has 0 fully saturated rings. The quantitative estimate of drug-likeness (QED) is 0.172. The lowest BCUT2D eigenvalue weighted by atomic mass is 10.0. The van der Waals surface area contributed by atoms with Gasteiger partial charge in [-0.3, -0.25) is 0 Å². The van der Waals surface area contributed by atoms with Gasteiger partial charge in [-0.05, 0) is 94.3 Å². The number of hydrogen-bond acceptors (Lipinski definition) is 5. The Bertz CT molecular complexity index is 4940. The Balaban J connectivity index is 1.04. The number of aromatic nitrogens is 5. The summed E-state index contributed by atoms with van der Waals surface area (Å²) in [6.45, 7) is 0. The summed E-state index contributed by atoms with van der Waals surface area (Å²) >= 11 is 1.81. The Kier molecular flexibility index (Phi) is 8.23. The number of furan rings is 1. The van der Waals surface area contributed by atoms with Crippen LogP contribution in [-0.4, -0.2) is 24.1 Å². The minimum Gasteiger partial charge on any atom is -0.456 e. The first kappa shape index (κ1) is 39.4. The number of fused-ring (bicyclic) bond motifs is 15. The van der Waals surface area contributed by atoms with E-state index >= 15 is 0 Å². The average Bonchev–Trinajstić information content (AvgIpc) is 4.20. The van der Waals surface area contributed by atoms with Crippen molar-refractivity contribution in [2.24, 2.45) is 0 Å². The van der Waals surface area contributed by atoms with Gasteiger partial charge in [0.15, 0.2) is 17.5 Å². The van der Waals surface area contributed by atoms with Gasteiger partial charge in [0.1, 0.15) is 11.2 Å². The SMILES string of the molecule is c1ccc(-n2c3ccccc3c3c(-c4nc(-c5cccc6oc7ccccc7c56)nc(-c5cc(-n6c7cc8ccccc8cc7c7c8ccccc8ccc76)cc6sc7ccccc7c56)n4)cccc32)cc1. The maximum Gasteiger partial charge on any atom is 0.164 e. The Morgan fingerprint density at radius 1 is 0.306 bits per heavy atom. The van der Waals surface area contributed by atoms with Gasteiger partial charge in [-0.1, -0.05) is 152 Å². The van der Waals surface area contributed by atoms with Gasteiger partial charge in [0.2, 0.25) is 0 Å². The second kappa shape index (κ2) is 15.0. The average molecular weight is 936 g/mol. The van der Waals surface area contributed by atoms with Crippen LogP contribution < -0.4 is 0 Å². The molecule has 6 nitrogen and oxygen atoms in total. The molecule has 5 aromatic heterocycles. The first-order valence-electron chi connectivity index (χ1n) is 24.3. The molecular formula is C65H37N5OS. The molecule has 0 unspecified atom stereocenters. The van der Waals surface area contributed by atoms with Gasteiger partial charge in [-0.2, -0.15) is 0 Å². The van der Waals surface area contributed by atoms with Gasteiger partial charge >= 0.3 is 0 Å². The van der Waals surface area contributed by atoms with Crippen molar-refractivity contribution < 1.29 is 4.42 Å². The van der Waals surface area contributed by atoms with Crippen LogP contribution in [0.4, 0.5) is 0 Å². The summed E-state index contributed by atoms with van der Waals surface area (Å²) < 4.78 is 13.7. The molecule has 0 N–H and O–H groups in total. The highest BCUT2D eigenvalue weighted by atomic mass is 32.1. The van der Waals surface area contributed by atoms with Crippen LogP contribution in [0.3, 0.4) is 0 Å². The van der Waals surface area contributed by atoms with Crippen LogP contribution in [0.1, 0.15) is 0 Å². The van der Waals surface area contributed by atoms with Gasteiger partial charge in [0, 0.05) is 80.6 Å². The minimum atomic E-state index is 0.573. The van der Waals surface area contributed by atoms with E-state index in [4.69, 9.17) is 19.4 Å². The molecule has 0 aliphatic heterocycles. The molecule has 0 amide bonds. The summed E-state index contributed by atoms with van der Waals surface area (Å²) in [6.07, 6.45) is 0. The highest BCUT2D eigenvalue weighted by Gasteiger charge is 2.25. The molecule has 72 heavy (non-hydrogen) atoms. The fourth-order valence-electron chi connectivity index (χ4n) is 11.7. The summed E-state index contributed by atoms with van der Waals surface area (Å²) in [7, 11) is 0. The molecule has 11 aromatic carbocycles. The predicted molar refractivity (Wildman–Crippen MR) is 300 cm³/mol. The highest BCUT2D eigenvalue weighted by Crippen LogP contribution is 2.46. The zero-order valence-electron chi connectivity index (χ0n) is 38.4. The third-order valence-corrected chi connectivity index (χ3v) is 15.8. The Morgan fingerprint density at radius 2 is 0.903 bits per heavy atom. The molecule has 0 spiro atoms. The molecule has 0 saturated carbocycles. The first-order valence-corrected chi connectivity index (χ1v) is 25.1. The van der Waals surface area contributed by atoms with Crippen molar-refractivity contribution in [3.8, 4) is 45.5 Å².